The number of thioether (sulfide) groups is 1. The highest BCUT2D eigenvalue weighted by molar-refractivity contribution is 8.00. The SMILES string of the molecule is CCC(C)CSC(C)C(=O)c1ccc(Cl)s1. The zero-order valence-electron chi connectivity index (χ0n) is 9.83. The Labute approximate surface area is 111 Å². The van der Waals surface area contributed by atoms with E-state index in [0.29, 0.717) is 10.3 Å². The summed E-state index contributed by atoms with van der Waals surface area (Å²) >= 11 is 8.92. The highest BCUT2D eigenvalue weighted by Crippen LogP contribution is 2.26. The Bertz CT molecular complexity index is 349. The summed E-state index contributed by atoms with van der Waals surface area (Å²) in [5.41, 5.74) is 0. The summed E-state index contributed by atoms with van der Waals surface area (Å²) < 4.78 is 0.683. The van der Waals surface area contributed by atoms with Gasteiger partial charge in [0.15, 0.2) is 5.78 Å². The maximum Gasteiger partial charge on any atom is 0.185 e. The average Bonchev–Trinajstić information content (AvgIpc) is 2.71. The van der Waals surface area contributed by atoms with Gasteiger partial charge in [0.25, 0.3) is 0 Å². The van der Waals surface area contributed by atoms with E-state index in [2.05, 4.69) is 13.8 Å². The van der Waals surface area contributed by atoms with Crippen LogP contribution in [0.5, 0.6) is 0 Å². The van der Waals surface area contributed by atoms with Crippen LogP contribution < -0.4 is 0 Å². The third kappa shape index (κ3) is 4.11. The normalized spacial score (nSPS) is 14.8. The van der Waals surface area contributed by atoms with Crippen molar-refractivity contribution in [3.05, 3.63) is 21.3 Å². The highest BCUT2D eigenvalue weighted by atomic mass is 35.5. The van der Waals surface area contributed by atoms with Crippen LogP contribution in [0.2, 0.25) is 4.34 Å². The number of carbonyl (C=O) groups excluding carboxylic acids is 1. The molecule has 0 amide bonds. The van der Waals surface area contributed by atoms with Crippen molar-refractivity contribution in [2.24, 2.45) is 5.92 Å². The number of halogens is 1. The van der Waals surface area contributed by atoms with Gasteiger partial charge < -0.3 is 0 Å². The number of carbonyl (C=O) groups is 1. The van der Waals surface area contributed by atoms with E-state index >= 15 is 0 Å². The van der Waals surface area contributed by atoms with Crippen LogP contribution in [-0.4, -0.2) is 16.8 Å². The summed E-state index contributed by atoms with van der Waals surface area (Å²) in [6, 6.07) is 3.60. The van der Waals surface area contributed by atoms with Gasteiger partial charge in [0.1, 0.15) is 0 Å². The van der Waals surface area contributed by atoms with E-state index in [0.717, 1.165) is 10.6 Å². The molecule has 0 spiro atoms. The van der Waals surface area contributed by atoms with E-state index in [-0.39, 0.29) is 11.0 Å². The molecular formula is C12H17ClOS2. The molecule has 1 heterocycles. The van der Waals surface area contributed by atoms with E-state index < -0.39 is 0 Å². The third-order valence-corrected chi connectivity index (χ3v) is 5.23. The van der Waals surface area contributed by atoms with Crippen LogP contribution in [0, 0.1) is 5.92 Å². The molecule has 0 bridgehead atoms. The Morgan fingerprint density at radius 3 is 2.69 bits per heavy atom. The zero-order valence-corrected chi connectivity index (χ0v) is 12.2. The van der Waals surface area contributed by atoms with E-state index in [1.165, 1.54) is 17.8 Å². The maximum atomic E-state index is 12.0. The van der Waals surface area contributed by atoms with Gasteiger partial charge in [-0.05, 0) is 30.7 Å². The lowest BCUT2D eigenvalue weighted by Gasteiger charge is -2.12. The molecular weight excluding hydrogens is 260 g/mol. The summed E-state index contributed by atoms with van der Waals surface area (Å²) in [6.45, 7) is 6.37. The molecule has 1 rings (SSSR count). The Morgan fingerprint density at radius 2 is 2.19 bits per heavy atom. The fourth-order valence-electron chi connectivity index (χ4n) is 1.15. The molecule has 0 saturated heterocycles. The van der Waals surface area contributed by atoms with Gasteiger partial charge >= 0.3 is 0 Å². The minimum absolute atomic E-state index is 0.0312. The van der Waals surface area contributed by atoms with Crippen LogP contribution in [0.3, 0.4) is 0 Å². The fraction of sp³-hybridized carbons (Fsp3) is 0.583. The Kier molecular flexibility index (Phi) is 5.87. The molecule has 0 aromatic carbocycles. The average molecular weight is 277 g/mol. The van der Waals surface area contributed by atoms with E-state index in [1.54, 1.807) is 17.8 Å². The molecule has 0 radical (unpaired) electrons. The predicted molar refractivity (Wildman–Crippen MR) is 75.0 cm³/mol. The van der Waals surface area contributed by atoms with Crippen LogP contribution >= 0.6 is 34.7 Å². The molecule has 2 atom stereocenters. The van der Waals surface area contributed by atoms with E-state index in [9.17, 15) is 4.79 Å². The van der Waals surface area contributed by atoms with E-state index in [4.69, 9.17) is 11.6 Å². The quantitative estimate of drug-likeness (QED) is 0.698. The maximum absolute atomic E-state index is 12.0. The van der Waals surface area contributed by atoms with Gasteiger partial charge in [0.05, 0.1) is 14.5 Å². The van der Waals surface area contributed by atoms with Gasteiger partial charge in [0.2, 0.25) is 0 Å². The smallest absolute Gasteiger partial charge is 0.185 e. The molecule has 4 heteroatoms. The second-order valence-corrected chi connectivity index (χ2v) is 7.05. The van der Waals surface area contributed by atoms with Crippen molar-refractivity contribution >= 4 is 40.5 Å². The first-order chi connectivity index (χ1) is 7.54. The summed E-state index contributed by atoms with van der Waals surface area (Å²) in [5.74, 6) is 1.92. The fourth-order valence-corrected chi connectivity index (χ4v) is 3.43. The van der Waals surface area contributed by atoms with Crippen molar-refractivity contribution in [2.45, 2.75) is 32.4 Å². The van der Waals surface area contributed by atoms with Crippen molar-refractivity contribution in [2.75, 3.05) is 5.75 Å². The minimum Gasteiger partial charge on any atom is -0.292 e. The standard InChI is InChI=1S/C12H17ClOS2/c1-4-8(2)7-15-9(3)12(14)10-5-6-11(13)16-10/h5-6,8-9H,4,7H2,1-3H3. The summed E-state index contributed by atoms with van der Waals surface area (Å²) in [6.07, 6.45) is 1.17. The lowest BCUT2D eigenvalue weighted by atomic mass is 10.2. The number of thiophene rings is 1. The number of hydrogen-bond donors (Lipinski definition) is 0. The molecule has 2 unspecified atom stereocenters. The first kappa shape index (κ1) is 14.1. The van der Waals surface area contributed by atoms with Crippen LogP contribution in [-0.2, 0) is 0 Å². The predicted octanol–water partition coefficient (Wildman–Crippen LogP) is 4.75. The Balaban J connectivity index is 2.48. The molecule has 0 fully saturated rings. The molecule has 0 aliphatic rings. The van der Waals surface area contributed by atoms with E-state index in [1.807, 2.05) is 13.0 Å². The number of Topliss-reactive ketones (excluding diaryl/α,β-unsaturated/α-hetero) is 1. The number of hydrogen-bond acceptors (Lipinski definition) is 3. The molecule has 1 aromatic heterocycles. The van der Waals surface area contributed by atoms with Crippen molar-refractivity contribution in [1.29, 1.82) is 0 Å². The van der Waals surface area contributed by atoms with Crippen LogP contribution in [0.1, 0.15) is 36.9 Å². The Hall–Kier alpha value is 0.01000. The molecule has 0 saturated carbocycles. The molecule has 0 aliphatic carbocycles. The van der Waals surface area contributed by atoms with Gasteiger partial charge in [0, 0.05) is 0 Å². The number of rotatable bonds is 6. The topological polar surface area (TPSA) is 17.1 Å². The summed E-state index contributed by atoms with van der Waals surface area (Å²) in [5, 5.41) is 0.0312. The lowest BCUT2D eigenvalue weighted by molar-refractivity contribution is 0.0998. The Morgan fingerprint density at radius 1 is 1.50 bits per heavy atom. The van der Waals surface area contributed by atoms with Crippen molar-refractivity contribution in [3.63, 3.8) is 0 Å². The van der Waals surface area contributed by atoms with Gasteiger partial charge in [-0.3, -0.25) is 4.79 Å². The second-order valence-electron chi connectivity index (χ2n) is 3.96. The van der Waals surface area contributed by atoms with Crippen LogP contribution in [0.15, 0.2) is 12.1 Å². The van der Waals surface area contributed by atoms with Gasteiger partial charge in [-0.15, -0.1) is 11.3 Å². The minimum atomic E-state index is 0.0312. The lowest BCUT2D eigenvalue weighted by Crippen LogP contribution is -2.14. The third-order valence-electron chi connectivity index (χ3n) is 2.51. The first-order valence-corrected chi connectivity index (χ1v) is 7.70. The molecule has 1 nitrogen and oxygen atoms in total. The highest BCUT2D eigenvalue weighted by Gasteiger charge is 2.17. The van der Waals surface area contributed by atoms with Gasteiger partial charge in [-0.1, -0.05) is 31.9 Å². The largest absolute Gasteiger partial charge is 0.292 e. The zero-order chi connectivity index (χ0) is 12.1. The molecule has 90 valence electrons. The molecule has 1 aromatic rings. The molecule has 16 heavy (non-hydrogen) atoms. The van der Waals surface area contributed by atoms with Gasteiger partial charge in [-0.25, -0.2) is 0 Å². The monoisotopic (exact) mass is 276 g/mol. The first-order valence-electron chi connectivity index (χ1n) is 5.45. The summed E-state index contributed by atoms with van der Waals surface area (Å²) in [4.78, 5) is 12.8. The van der Waals surface area contributed by atoms with Crippen molar-refractivity contribution in [3.8, 4) is 0 Å². The van der Waals surface area contributed by atoms with Crippen molar-refractivity contribution in [1.82, 2.24) is 0 Å². The van der Waals surface area contributed by atoms with Gasteiger partial charge in [-0.2, -0.15) is 11.8 Å². The molecule has 0 aliphatic heterocycles. The second kappa shape index (κ2) is 6.67. The van der Waals surface area contributed by atoms with Crippen LogP contribution in [0.4, 0.5) is 0 Å². The molecule has 0 N–H and O–H groups in total. The number of ketones is 1. The van der Waals surface area contributed by atoms with Crippen LogP contribution in [0.25, 0.3) is 0 Å². The van der Waals surface area contributed by atoms with Crippen molar-refractivity contribution < 1.29 is 4.79 Å². The summed E-state index contributed by atoms with van der Waals surface area (Å²) in [7, 11) is 0.